The average molecular weight is 408 g/mol. The number of nitrogens with zero attached hydrogens (tertiary/aromatic N) is 2. The van der Waals surface area contributed by atoms with Crippen LogP contribution in [0.4, 0.5) is 0 Å². The lowest BCUT2D eigenvalue weighted by atomic mass is 10.0. The highest BCUT2D eigenvalue weighted by molar-refractivity contribution is 7.13. The molecule has 0 aliphatic heterocycles. The zero-order valence-corrected chi connectivity index (χ0v) is 17.5. The predicted molar refractivity (Wildman–Crippen MR) is 108 cm³/mol. The molecule has 1 amide bonds. The van der Waals surface area contributed by atoms with Crippen molar-refractivity contribution in [1.29, 1.82) is 0 Å². The first-order valence-electron chi connectivity index (χ1n) is 7.87. The number of nitrogens with two attached hydrogens (primary N) is 1. The van der Waals surface area contributed by atoms with Gasteiger partial charge in [0.05, 0.1) is 12.1 Å². The monoisotopic (exact) mass is 407 g/mol. The van der Waals surface area contributed by atoms with Crippen LogP contribution in [0.5, 0.6) is 0 Å². The van der Waals surface area contributed by atoms with E-state index in [1.54, 1.807) is 4.90 Å². The van der Waals surface area contributed by atoms with Gasteiger partial charge in [-0.3, -0.25) is 4.79 Å². The quantitative estimate of drug-likeness (QED) is 0.754. The number of likely N-dealkylation sites (N-methyl/N-ethyl adjacent to an activating group) is 1. The maximum absolute atomic E-state index is 12.3. The largest absolute Gasteiger partial charge is 0.459 e. The molecule has 142 valence electrons. The zero-order chi connectivity index (χ0) is 17.0. The Morgan fingerprint density at radius 3 is 2.60 bits per heavy atom. The minimum Gasteiger partial charge on any atom is -0.459 e. The minimum atomic E-state index is 0. The van der Waals surface area contributed by atoms with Crippen molar-refractivity contribution in [1.82, 2.24) is 9.88 Å². The molecule has 2 rings (SSSR count). The van der Waals surface area contributed by atoms with E-state index in [2.05, 4.69) is 18.8 Å². The number of thiazole rings is 1. The van der Waals surface area contributed by atoms with E-state index in [1.165, 1.54) is 11.3 Å². The van der Waals surface area contributed by atoms with Gasteiger partial charge in [0.1, 0.15) is 5.76 Å². The van der Waals surface area contributed by atoms with E-state index in [4.69, 9.17) is 10.2 Å². The summed E-state index contributed by atoms with van der Waals surface area (Å²) in [5.41, 5.74) is 6.81. The number of furan rings is 1. The lowest BCUT2D eigenvalue weighted by Crippen LogP contribution is -2.35. The Hall–Kier alpha value is -1.08. The summed E-state index contributed by atoms with van der Waals surface area (Å²) in [6.45, 7) is 6.77. The third-order valence-electron chi connectivity index (χ3n) is 3.92. The number of aryl methyl sites for hydroxylation is 1. The van der Waals surface area contributed by atoms with E-state index < -0.39 is 0 Å². The average Bonchev–Trinajstić information content (AvgIpc) is 3.12. The summed E-state index contributed by atoms with van der Waals surface area (Å²) >= 11 is 1.50. The molecule has 0 bridgehead atoms. The molecule has 2 aromatic heterocycles. The van der Waals surface area contributed by atoms with Crippen LogP contribution >= 0.6 is 36.2 Å². The highest BCUT2D eigenvalue weighted by atomic mass is 35.5. The van der Waals surface area contributed by atoms with Crippen LogP contribution in [0, 0.1) is 12.8 Å². The van der Waals surface area contributed by atoms with Gasteiger partial charge in [-0.05, 0) is 31.4 Å². The van der Waals surface area contributed by atoms with Crippen LogP contribution in [0.15, 0.2) is 21.9 Å². The second-order valence-corrected chi connectivity index (χ2v) is 7.10. The zero-order valence-electron chi connectivity index (χ0n) is 15.0. The molecule has 0 aliphatic carbocycles. The Labute approximate surface area is 165 Å². The van der Waals surface area contributed by atoms with Crippen molar-refractivity contribution in [2.45, 2.75) is 39.7 Å². The van der Waals surface area contributed by atoms with Crippen molar-refractivity contribution in [2.24, 2.45) is 11.7 Å². The first-order valence-corrected chi connectivity index (χ1v) is 8.75. The summed E-state index contributed by atoms with van der Waals surface area (Å²) in [5.74, 6) is 2.10. The second-order valence-electron chi connectivity index (χ2n) is 6.24. The Bertz CT molecular complexity index is 658. The summed E-state index contributed by atoms with van der Waals surface area (Å²) in [5, 5.41) is 2.73. The van der Waals surface area contributed by atoms with Gasteiger partial charge in [0.15, 0.2) is 10.8 Å². The number of rotatable bonds is 7. The van der Waals surface area contributed by atoms with Gasteiger partial charge in [-0.15, -0.1) is 36.2 Å². The van der Waals surface area contributed by atoms with Crippen molar-refractivity contribution in [2.75, 3.05) is 13.6 Å². The summed E-state index contributed by atoms with van der Waals surface area (Å²) < 4.78 is 5.56. The molecule has 1 atom stereocenters. The van der Waals surface area contributed by atoms with Crippen LogP contribution in [0.25, 0.3) is 10.8 Å². The Morgan fingerprint density at radius 2 is 2.04 bits per heavy atom. The summed E-state index contributed by atoms with van der Waals surface area (Å²) in [7, 11) is 1.82. The van der Waals surface area contributed by atoms with Gasteiger partial charge in [0.2, 0.25) is 5.91 Å². The second kappa shape index (κ2) is 10.8. The molecule has 0 saturated carbocycles. The van der Waals surface area contributed by atoms with Crippen LogP contribution < -0.4 is 5.73 Å². The van der Waals surface area contributed by atoms with Crippen molar-refractivity contribution < 1.29 is 9.21 Å². The molecule has 25 heavy (non-hydrogen) atoms. The lowest BCUT2D eigenvalue weighted by Gasteiger charge is -2.21. The molecular formula is C17H27Cl2N3O2S. The van der Waals surface area contributed by atoms with Crippen molar-refractivity contribution in [3.05, 3.63) is 29.0 Å². The van der Waals surface area contributed by atoms with E-state index >= 15 is 0 Å². The lowest BCUT2D eigenvalue weighted by molar-refractivity contribution is -0.129. The molecule has 1 unspecified atom stereocenters. The fraction of sp³-hybridized carbons (Fsp3) is 0.529. The van der Waals surface area contributed by atoms with Crippen LogP contribution in [-0.4, -0.2) is 35.4 Å². The molecule has 2 N–H and O–H groups in total. The maximum atomic E-state index is 12.3. The number of carbonyl (C=O) groups is 1. The number of hydrogen-bond acceptors (Lipinski definition) is 5. The first-order chi connectivity index (χ1) is 10.9. The third kappa shape index (κ3) is 6.98. The van der Waals surface area contributed by atoms with Gasteiger partial charge < -0.3 is 15.1 Å². The predicted octanol–water partition coefficient (Wildman–Crippen LogP) is 3.93. The van der Waals surface area contributed by atoms with E-state index in [0.717, 1.165) is 28.6 Å². The molecule has 0 aromatic carbocycles. The summed E-state index contributed by atoms with van der Waals surface area (Å²) in [6, 6.07) is 3.94. The molecule has 0 aliphatic rings. The first kappa shape index (κ1) is 23.9. The van der Waals surface area contributed by atoms with E-state index in [0.29, 0.717) is 18.9 Å². The maximum Gasteiger partial charge on any atom is 0.228 e. The molecule has 2 heterocycles. The van der Waals surface area contributed by atoms with Crippen LogP contribution in [0.2, 0.25) is 0 Å². The van der Waals surface area contributed by atoms with Gasteiger partial charge in [-0.25, -0.2) is 4.98 Å². The van der Waals surface area contributed by atoms with E-state index in [1.807, 2.05) is 31.5 Å². The minimum absolute atomic E-state index is 0. The van der Waals surface area contributed by atoms with Crippen LogP contribution in [0.1, 0.15) is 31.7 Å². The number of aromatic nitrogens is 1. The van der Waals surface area contributed by atoms with Gasteiger partial charge in [-0.1, -0.05) is 13.8 Å². The summed E-state index contributed by atoms with van der Waals surface area (Å²) in [4.78, 5) is 18.5. The Morgan fingerprint density at radius 1 is 1.36 bits per heavy atom. The van der Waals surface area contributed by atoms with E-state index in [9.17, 15) is 4.79 Å². The van der Waals surface area contributed by atoms with E-state index in [-0.39, 0.29) is 36.8 Å². The standard InChI is InChI=1S/C17H25N3O2S.2ClH/c1-11(2)14(18)7-8-20(4)16(21)9-13-10-23-17(19-13)15-6-5-12(3)22-15;;/h5-6,10-11,14H,7-9,18H2,1-4H3;2*1H. The normalized spacial score (nSPS) is 11.6. The smallest absolute Gasteiger partial charge is 0.228 e. The topological polar surface area (TPSA) is 72.4 Å². The van der Waals surface area contributed by atoms with Crippen LogP contribution in [0.3, 0.4) is 0 Å². The van der Waals surface area contributed by atoms with Crippen molar-refractivity contribution in [3.8, 4) is 10.8 Å². The molecule has 0 fully saturated rings. The number of amides is 1. The molecule has 2 aromatic rings. The van der Waals surface area contributed by atoms with Crippen molar-refractivity contribution in [3.63, 3.8) is 0 Å². The van der Waals surface area contributed by atoms with Gasteiger partial charge >= 0.3 is 0 Å². The highest BCUT2D eigenvalue weighted by Gasteiger charge is 2.15. The van der Waals surface area contributed by atoms with Crippen molar-refractivity contribution >= 4 is 42.1 Å². The van der Waals surface area contributed by atoms with Gasteiger partial charge in [0.25, 0.3) is 0 Å². The fourth-order valence-electron chi connectivity index (χ4n) is 2.14. The fourth-order valence-corrected chi connectivity index (χ4v) is 2.92. The number of hydrogen-bond donors (Lipinski definition) is 1. The molecular weight excluding hydrogens is 381 g/mol. The molecule has 0 spiro atoms. The Balaban J connectivity index is 0.00000288. The summed E-state index contributed by atoms with van der Waals surface area (Å²) in [6.07, 6.45) is 1.12. The number of halogens is 2. The Kier molecular flexibility index (Phi) is 10.3. The van der Waals surface area contributed by atoms with Crippen LogP contribution in [-0.2, 0) is 11.2 Å². The SMILES string of the molecule is Cc1ccc(-c2nc(CC(=O)N(C)CCC(N)C(C)C)cs2)o1.Cl.Cl. The molecule has 0 saturated heterocycles. The molecule has 0 radical (unpaired) electrons. The molecule has 5 nitrogen and oxygen atoms in total. The highest BCUT2D eigenvalue weighted by Crippen LogP contribution is 2.25. The number of carbonyl (C=O) groups excluding carboxylic acids is 1. The van der Waals surface area contributed by atoms with Gasteiger partial charge in [-0.2, -0.15) is 0 Å². The van der Waals surface area contributed by atoms with Gasteiger partial charge in [0, 0.05) is 25.0 Å². The third-order valence-corrected chi connectivity index (χ3v) is 4.82. The molecule has 8 heteroatoms.